The van der Waals surface area contributed by atoms with E-state index in [1.807, 2.05) is 31.2 Å². The number of unbranched alkanes of at least 4 members (excludes halogenated alkanes) is 1. The predicted octanol–water partition coefficient (Wildman–Crippen LogP) is 4.29. The van der Waals surface area contributed by atoms with Gasteiger partial charge < -0.3 is 9.47 Å². The van der Waals surface area contributed by atoms with E-state index in [2.05, 4.69) is 17.1 Å². The molecule has 0 aliphatic carbocycles. The van der Waals surface area contributed by atoms with Crippen LogP contribution >= 0.6 is 0 Å². The highest BCUT2D eigenvalue weighted by molar-refractivity contribution is 5.84. The van der Waals surface area contributed by atoms with Crippen molar-refractivity contribution < 1.29 is 14.3 Å². The fourth-order valence-electron chi connectivity index (χ4n) is 2.84. The Kier molecular flexibility index (Phi) is 7.89. The van der Waals surface area contributed by atoms with Crippen LogP contribution in [0.15, 0.2) is 24.3 Å². The Morgan fingerprint density at radius 1 is 1.21 bits per heavy atom. The van der Waals surface area contributed by atoms with Gasteiger partial charge in [-0.2, -0.15) is 0 Å². The molecule has 0 radical (unpaired) electrons. The third kappa shape index (κ3) is 6.79. The van der Waals surface area contributed by atoms with E-state index in [0.29, 0.717) is 5.69 Å². The lowest BCUT2D eigenvalue weighted by atomic mass is 10.1. The van der Waals surface area contributed by atoms with Gasteiger partial charge in [-0.15, -0.1) is 0 Å². The summed E-state index contributed by atoms with van der Waals surface area (Å²) >= 11 is 0. The van der Waals surface area contributed by atoms with E-state index in [1.54, 1.807) is 0 Å². The number of benzene rings is 1. The van der Waals surface area contributed by atoms with E-state index in [0.717, 1.165) is 44.8 Å². The van der Waals surface area contributed by atoms with Crippen molar-refractivity contribution in [2.45, 2.75) is 52.1 Å². The first-order chi connectivity index (χ1) is 11.7. The molecular formula is C19H30N2O3. The number of piperidine rings is 1. The van der Waals surface area contributed by atoms with Crippen LogP contribution in [0.5, 0.6) is 5.75 Å². The fraction of sp³-hybridized carbons (Fsp3) is 0.632. The second-order valence-electron chi connectivity index (χ2n) is 6.43. The number of hydrogen-bond acceptors (Lipinski definition) is 4. The summed E-state index contributed by atoms with van der Waals surface area (Å²) in [6.07, 6.45) is 5.43. The van der Waals surface area contributed by atoms with E-state index in [-0.39, 0.29) is 6.10 Å². The van der Waals surface area contributed by atoms with Gasteiger partial charge in [0.15, 0.2) is 0 Å². The number of carbonyl (C=O) groups excluding carboxylic acids is 1. The van der Waals surface area contributed by atoms with E-state index in [4.69, 9.17) is 9.47 Å². The first kappa shape index (κ1) is 18.6. The zero-order valence-corrected chi connectivity index (χ0v) is 14.9. The number of likely N-dealkylation sites (tertiary alicyclic amines) is 1. The number of ether oxygens (including phenoxy) is 2. The van der Waals surface area contributed by atoms with Crippen molar-refractivity contribution in [3.8, 4) is 5.75 Å². The number of nitrogens with zero attached hydrogens (tertiary/aromatic N) is 1. The van der Waals surface area contributed by atoms with Gasteiger partial charge in [0.25, 0.3) is 0 Å². The molecule has 1 N–H and O–H groups in total. The summed E-state index contributed by atoms with van der Waals surface area (Å²) in [6, 6.07) is 7.39. The smallest absolute Gasteiger partial charge is 0.411 e. The predicted molar refractivity (Wildman–Crippen MR) is 96.7 cm³/mol. The van der Waals surface area contributed by atoms with Crippen molar-refractivity contribution in [1.82, 2.24) is 4.90 Å². The number of hydrogen-bond donors (Lipinski definition) is 1. The molecule has 1 atom stereocenters. The lowest BCUT2D eigenvalue weighted by Crippen LogP contribution is -2.37. The third-order valence-electron chi connectivity index (χ3n) is 4.14. The number of carbonyl (C=O) groups is 1. The van der Waals surface area contributed by atoms with Crippen LogP contribution in [-0.4, -0.2) is 43.3 Å². The third-order valence-corrected chi connectivity index (χ3v) is 4.14. The number of anilines is 1. The minimum atomic E-state index is -0.404. The molecule has 0 spiro atoms. The minimum Gasteiger partial charge on any atom is -0.494 e. The maximum absolute atomic E-state index is 12.0. The molecule has 0 aromatic heterocycles. The second-order valence-corrected chi connectivity index (χ2v) is 6.43. The summed E-state index contributed by atoms with van der Waals surface area (Å²) in [5.74, 6) is 0.820. The molecule has 2 rings (SSSR count). The van der Waals surface area contributed by atoms with Gasteiger partial charge in [-0.1, -0.05) is 19.8 Å². The van der Waals surface area contributed by atoms with Gasteiger partial charge >= 0.3 is 6.09 Å². The first-order valence-corrected chi connectivity index (χ1v) is 9.10. The second kappa shape index (κ2) is 10.2. The molecule has 1 amide bonds. The van der Waals surface area contributed by atoms with Gasteiger partial charge in [0.1, 0.15) is 11.9 Å². The molecule has 24 heavy (non-hydrogen) atoms. The van der Waals surface area contributed by atoms with Gasteiger partial charge in [0, 0.05) is 12.2 Å². The molecule has 1 saturated heterocycles. The van der Waals surface area contributed by atoms with E-state index in [1.165, 1.54) is 19.3 Å². The van der Waals surface area contributed by atoms with Crippen LogP contribution in [0.25, 0.3) is 0 Å². The number of amides is 1. The molecule has 1 heterocycles. The molecule has 5 nitrogen and oxygen atoms in total. The SMILES string of the molecule is CCCCOc1ccc(NC(=O)O[C@@H](C)CN2CCCCC2)cc1. The monoisotopic (exact) mass is 334 g/mol. The highest BCUT2D eigenvalue weighted by Gasteiger charge is 2.16. The quantitative estimate of drug-likeness (QED) is 0.721. The van der Waals surface area contributed by atoms with Crippen LogP contribution < -0.4 is 10.1 Å². The Morgan fingerprint density at radius 2 is 1.92 bits per heavy atom. The molecule has 1 aromatic rings. The normalized spacial score (nSPS) is 16.4. The molecule has 0 bridgehead atoms. The summed E-state index contributed by atoms with van der Waals surface area (Å²) < 4.78 is 11.0. The maximum Gasteiger partial charge on any atom is 0.411 e. The summed E-state index contributed by atoms with van der Waals surface area (Å²) in [5, 5.41) is 2.77. The average molecular weight is 334 g/mol. The lowest BCUT2D eigenvalue weighted by molar-refractivity contribution is 0.0833. The summed E-state index contributed by atoms with van der Waals surface area (Å²) in [4.78, 5) is 14.3. The molecule has 134 valence electrons. The topological polar surface area (TPSA) is 50.8 Å². The molecule has 5 heteroatoms. The van der Waals surface area contributed by atoms with Gasteiger partial charge in [-0.05, 0) is 63.5 Å². The van der Waals surface area contributed by atoms with E-state index in [9.17, 15) is 4.79 Å². The first-order valence-electron chi connectivity index (χ1n) is 9.10. The van der Waals surface area contributed by atoms with Crippen molar-refractivity contribution >= 4 is 11.8 Å². The highest BCUT2D eigenvalue weighted by Crippen LogP contribution is 2.16. The zero-order chi connectivity index (χ0) is 17.2. The molecule has 1 aliphatic heterocycles. The summed E-state index contributed by atoms with van der Waals surface area (Å²) in [7, 11) is 0. The molecule has 1 aromatic carbocycles. The van der Waals surface area contributed by atoms with Crippen molar-refractivity contribution in [2.75, 3.05) is 31.6 Å². The lowest BCUT2D eigenvalue weighted by Gasteiger charge is -2.28. The van der Waals surface area contributed by atoms with Crippen molar-refractivity contribution in [1.29, 1.82) is 0 Å². The van der Waals surface area contributed by atoms with Gasteiger partial charge in [0.05, 0.1) is 6.61 Å². The number of rotatable bonds is 8. The van der Waals surface area contributed by atoms with Gasteiger partial charge in [0.2, 0.25) is 0 Å². The Balaban J connectivity index is 1.70. The Labute approximate surface area is 145 Å². The van der Waals surface area contributed by atoms with Crippen molar-refractivity contribution in [3.63, 3.8) is 0 Å². The molecule has 0 unspecified atom stereocenters. The average Bonchev–Trinajstić information content (AvgIpc) is 2.57. The van der Waals surface area contributed by atoms with Crippen molar-refractivity contribution in [2.24, 2.45) is 0 Å². The van der Waals surface area contributed by atoms with E-state index < -0.39 is 6.09 Å². The fourth-order valence-corrected chi connectivity index (χ4v) is 2.84. The van der Waals surface area contributed by atoms with Crippen LogP contribution in [0.1, 0.15) is 46.0 Å². The summed E-state index contributed by atoms with van der Waals surface area (Å²) in [5.41, 5.74) is 0.716. The minimum absolute atomic E-state index is 0.111. The summed E-state index contributed by atoms with van der Waals surface area (Å²) in [6.45, 7) is 7.81. The van der Waals surface area contributed by atoms with Crippen LogP contribution in [0.4, 0.5) is 10.5 Å². The van der Waals surface area contributed by atoms with Crippen LogP contribution in [0.3, 0.4) is 0 Å². The van der Waals surface area contributed by atoms with Crippen LogP contribution in [0, 0.1) is 0 Å². The van der Waals surface area contributed by atoms with Crippen LogP contribution in [-0.2, 0) is 4.74 Å². The van der Waals surface area contributed by atoms with E-state index >= 15 is 0 Å². The Morgan fingerprint density at radius 3 is 2.58 bits per heavy atom. The standard InChI is InChI=1S/C19H30N2O3/c1-3-4-14-23-18-10-8-17(9-11-18)20-19(22)24-16(2)15-21-12-6-5-7-13-21/h8-11,16H,3-7,12-15H2,1-2H3,(H,20,22)/t16-/m0/s1. The zero-order valence-electron chi connectivity index (χ0n) is 14.9. The molecular weight excluding hydrogens is 304 g/mol. The molecule has 0 saturated carbocycles. The molecule has 1 fully saturated rings. The van der Waals surface area contributed by atoms with Crippen LogP contribution in [0.2, 0.25) is 0 Å². The maximum atomic E-state index is 12.0. The van der Waals surface area contributed by atoms with Gasteiger partial charge in [-0.3, -0.25) is 10.2 Å². The Bertz CT molecular complexity index is 484. The van der Waals surface area contributed by atoms with Gasteiger partial charge in [-0.25, -0.2) is 4.79 Å². The number of nitrogens with one attached hydrogen (secondary N) is 1. The molecule has 1 aliphatic rings. The Hall–Kier alpha value is -1.75. The largest absolute Gasteiger partial charge is 0.494 e. The highest BCUT2D eigenvalue weighted by atomic mass is 16.6. The van der Waals surface area contributed by atoms with Crippen molar-refractivity contribution in [3.05, 3.63) is 24.3 Å².